The van der Waals surface area contributed by atoms with Gasteiger partial charge in [-0.15, -0.1) is 11.3 Å². The number of rotatable bonds is 4. The van der Waals surface area contributed by atoms with E-state index in [9.17, 15) is 4.79 Å². The van der Waals surface area contributed by atoms with E-state index in [1.807, 2.05) is 23.8 Å². The SMILES string of the molecule is CCCc1[nH]c(=O)c(C)cc1-c1cc(-n2ccnc2)cs1. The molecule has 0 unspecified atom stereocenters. The van der Waals surface area contributed by atoms with Crippen LogP contribution in [0.15, 0.2) is 41.0 Å². The fourth-order valence-electron chi connectivity index (χ4n) is 2.35. The topological polar surface area (TPSA) is 50.7 Å². The molecule has 0 radical (unpaired) electrons. The van der Waals surface area contributed by atoms with E-state index < -0.39 is 0 Å². The van der Waals surface area contributed by atoms with Crippen LogP contribution in [0, 0.1) is 6.92 Å². The molecule has 0 fully saturated rings. The first kappa shape index (κ1) is 13.8. The Morgan fingerprint density at radius 2 is 2.24 bits per heavy atom. The highest BCUT2D eigenvalue weighted by atomic mass is 32.1. The summed E-state index contributed by atoms with van der Waals surface area (Å²) >= 11 is 1.68. The molecule has 0 aliphatic rings. The summed E-state index contributed by atoms with van der Waals surface area (Å²) in [4.78, 5) is 20.1. The molecule has 0 bridgehead atoms. The lowest BCUT2D eigenvalue weighted by Gasteiger charge is -2.08. The number of hydrogen-bond donors (Lipinski definition) is 1. The normalized spacial score (nSPS) is 11.0. The van der Waals surface area contributed by atoms with Crippen LogP contribution in [0.1, 0.15) is 24.6 Å². The molecule has 3 aromatic heterocycles. The molecule has 1 N–H and O–H groups in total. The Bertz CT molecular complexity index is 799. The zero-order valence-electron chi connectivity index (χ0n) is 12.1. The number of hydrogen-bond acceptors (Lipinski definition) is 3. The molecule has 4 nitrogen and oxygen atoms in total. The summed E-state index contributed by atoms with van der Waals surface area (Å²) in [7, 11) is 0. The predicted octanol–water partition coefficient (Wildman–Crippen LogP) is 3.55. The standard InChI is InChI=1S/C16H17N3OS/c1-3-4-14-13(7-11(2)16(20)18-14)15-8-12(9-21-15)19-6-5-17-10-19/h5-10H,3-4H2,1-2H3,(H,18,20). The van der Waals surface area contributed by atoms with Crippen molar-refractivity contribution < 1.29 is 0 Å². The zero-order chi connectivity index (χ0) is 14.8. The largest absolute Gasteiger partial charge is 0.325 e. The van der Waals surface area contributed by atoms with Crippen molar-refractivity contribution in [2.45, 2.75) is 26.7 Å². The second-order valence-electron chi connectivity index (χ2n) is 5.06. The van der Waals surface area contributed by atoms with E-state index in [-0.39, 0.29) is 5.56 Å². The van der Waals surface area contributed by atoms with E-state index in [4.69, 9.17) is 0 Å². The number of aryl methyl sites for hydroxylation is 2. The van der Waals surface area contributed by atoms with Crippen molar-refractivity contribution >= 4 is 11.3 Å². The van der Waals surface area contributed by atoms with Gasteiger partial charge in [0.1, 0.15) is 0 Å². The van der Waals surface area contributed by atoms with Gasteiger partial charge in [0.2, 0.25) is 0 Å². The summed E-state index contributed by atoms with van der Waals surface area (Å²) in [6, 6.07) is 4.13. The number of aromatic amines is 1. The van der Waals surface area contributed by atoms with Crippen molar-refractivity contribution in [3.05, 3.63) is 57.8 Å². The van der Waals surface area contributed by atoms with Gasteiger partial charge < -0.3 is 9.55 Å². The van der Waals surface area contributed by atoms with Gasteiger partial charge >= 0.3 is 0 Å². The lowest BCUT2D eigenvalue weighted by atomic mass is 10.1. The molecule has 3 heterocycles. The molecule has 0 spiro atoms. The van der Waals surface area contributed by atoms with Gasteiger partial charge in [0.05, 0.1) is 12.0 Å². The van der Waals surface area contributed by atoms with Gasteiger partial charge in [-0.2, -0.15) is 0 Å². The quantitative estimate of drug-likeness (QED) is 0.801. The van der Waals surface area contributed by atoms with Crippen molar-refractivity contribution in [1.29, 1.82) is 0 Å². The summed E-state index contributed by atoms with van der Waals surface area (Å²) < 4.78 is 1.98. The molecule has 5 heteroatoms. The van der Waals surface area contributed by atoms with E-state index >= 15 is 0 Å². The number of imidazole rings is 1. The summed E-state index contributed by atoms with van der Waals surface area (Å²) in [6.45, 7) is 3.97. The molecule has 0 saturated carbocycles. The molecule has 0 amide bonds. The Labute approximate surface area is 127 Å². The second-order valence-corrected chi connectivity index (χ2v) is 5.97. The van der Waals surface area contributed by atoms with Gasteiger partial charge in [-0.25, -0.2) is 4.98 Å². The molecule has 21 heavy (non-hydrogen) atoms. The van der Waals surface area contributed by atoms with E-state index in [2.05, 4.69) is 28.3 Å². The first-order valence-corrected chi connectivity index (χ1v) is 7.87. The lowest BCUT2D eigenvalue weighted by molar-refractivity contribution is 0.875. The fourth-order valence-corrected chi connectivity index (χ4v) is 3.29. The summed E-state index contributed by atoms with van der Waals surface area (Å²) in [6.07, 6.45) is 7.37. The zero-order valence-corrected chi connectivity index (χ0v) is 12.9. The van der Waals surface area contributed by atoms with Crippen molar-refractivity contribution in [1.82, 2.24) is 14.5 Å². The van der Waals surface area contributed by atoms with Crippen molar-refractivity contribution in [2.75, 3.05) is 0 Å². The van der Waals surface area contributed by atoms with Crippen LogP contribution in [0.3, 0.4) is 0 Å². The number of nitrogens with zero attached hydrogens (tertiary/aromatic N) is 2. The molecule has 0 aromatic carbocycles. The minimum absolute atomic E-state index is 0.00795. The van der Waals surface area contributed by atoms with E-state index in [1.54, 1.807) is 23.9 Å². The lowest BCUT2D eigenvalue weighted by Crippen LogP contribution is -2.12. The predicted molar refractivity (Wildman–Crippen MR) is 86.2 cm³/mol. The number of thiophene rings is 1. The maximum Gasteiger partial charge on any atom is 0.251 e. The summed E-state index contributed by atoms with van der Waals surface area (Å²) in [5.41, 5.74) is 4.01. The van der Waals surface area contributed by atoms with Crippen LogP contribution in [0.5, 0.6) is 0 Å². The first-order valence-electron chi connectivity index (χ1n) is 6.99. The third-order valence-corrected chi connectivity index (χ3v) is 4.41. The average molecular weight is 299 g/mol. The van der Waals surface area contributed by atoms with Gasteiger partial charge in [0.25, 0.3) is 5.56 Å². The second kappa shape index (κ2) is 5.69. The Morgan fingerprint density at radius 1 is 1.38 bits per heavy atom. The van der Waals surface area contributed by atoms with Gasteiger partial charge in [-0.05, 0) is 25.5 Å². The summed E-state index contributed by atoms with van der Waals surface area (Å²) in [5.74, 6) is 0. The molecule has 108 valence electrons. The van der Waals surface area contributed by atoms with Crippen LogP contribution < -0.4 is 5.56 Å². The molecule has 0 atom stereocenters. The van der Waals surface area contributed by atoms with Crippen LogP contribution in [0.25, 0.3) is 16.1 Å². The molecule has 0 saturated heterocycles. The molecular formula is C16H17N3OS. The Balaban J connectivity index is 2.08. The van der Waals surface area contributed by atoms with Crippen molar-refractivity contribution in [2.24, 2.45) is 0 Å². The molecule has 0 aliphatic carbocycles. The maximum atomic E-state index is 11.8. The highest BCUT2D eigenvalue weighted by Crippen LogP contribution is 2.31. The van der Waals surface area contributed by atoms with E-state index in [0.717, 1.165) is 35.3 Å². The third-order valence-electron chi connectivity index (χ3n) is 3.46. The highest BCUT2D eigenvalue weighted by Gasteiger charge is 2.11. The van der Waals surface area contributed by atoms with Crippen molar-refractivity contribution in [3.63, 3.8) is 0 Å². The maximum absolute atomic E-state index is 11.8. The average Bonchev–Trinajstić information content (AvgIpc) is 3.12. The molecule has 3 aromatic rings. The molecule has 0 aliphatic heterocycles. The Kier molecular flexibility index (Phi) is 3.75. The van der Waals surface area contributed by atoms with Crippen LogP contribution in [0.2, 0.25) is 0 Å². The Morgan fingerprint density at radius 3 is 2.95 bits per heavy atom. The van der Waals surface area contributed by atoms with Crippen LogP contribution in [-0.2, 0) is 6.42 Å². The minimum atomic E-state index is 0.00795. The van der Waals surface area contributed by atoms with E-state index in [1.165, 1.54) is 4.88 Å². The fraction of sp³-hybridized carbons (Fsp3) is 0.250. The third kappa shape index (κ3) is 2.69. The van der Waals surface area contributed by atoms with Crippen molar-refractivity contribution in [3.8, 4) is 16.1 Å². The van der Waals surface area contributed by atoms with E-state index in [0.29, 0.717) is 0 Å². The van der Waals surface area contributed by atoms with Gasteiger partial charge in [-0.3, -0.25) is 4.79 Å². The number of nitrogens with one attached hydrogen (secondary N) is 1. The highest BCUT2D eigenvalue weighted by molar-refractivity contribution is 7.13. The minimum Gasteiger partial charge on any atom is -0.325 e. The number of H-pyrrole nitrogens is 1. The monoisotopic (exact) mass is 299 g/mol. The van der Waals surface area contributed by atoms with Gasteiger partial charge in [-0.1, -0.05) is 13.3 Å². The summed E-state index contributed by atoms with van der Waals surface area (Å²) in [5, 5.41) is 2.10. The number of aromatic nitrogens is 3. The molecule has 3 rings (SSSR count). The Hall–Kier alpha value is -2.14. The van der Waals surface area contributed by atoms with Gasteiger partial charge in [0, 0.05) is 39.5 Å². The first-order chi connectivity index (χ1) is 10.2. The van der Waals surface area contributed by atoms with Crippen LogP contribution >= 0.6 is 11.3 Å². The van der Waals surface area contributed by atoms with Crippen LogP contribution in [0.4, 0.5) is 0 Å². The number of pyridine rings is 1. The van der Waals surface area contributed by atoms with Gasteiger partial charge in [0.15, 0.2) is 0 Å². The molecular weight excluding hydrogens is 282 g/mol. The smallest absolute Gasteiger partial charge is 0.251 e. The van der Waals surface area contributed by atoms with Crippen LogP contribution in [-0.4, -0.2) is 14.5 Å².